The Hall–Kier alpha value is -1.76. The van der Waals surface area contributed by atoms with E-state index in [-0.39, 0.29) is 11.0 Å². The van der Waals surface area contributed by atoms with Crippen LogP contribution >= 0.6 is 11.6 Å². The van der Waals surface area contributed by atoms with Gasteiger partial charge >= 0.3 is 0 Å². The molecule has 0 bridgehead atoms. The fourth-order valence-corrected chi connectivity index (χ4v) is 4.50. The number of rotatable bonds is 5. The minimum atomic E-state index is -3.48. The van der Waals surface area contributed by atoms with Gasteiger partial charge in [0, 0.05) is 36.9 Å². The fraction of sp³-hybridized carbons (Fsp3) is 0.368. The molecule has 0 saturated carbocycles. The summed E-state index contributed by atoms with van der Waals surface area (Å²) in [5, 5.41) is 0.527. The van der Waals surface area contributed by atoms with Crippen molar-refractivity contribution in [2.45, 2.75) is 24.8 Å². The molecule has 0 N–H and O–H groups in total. The van der Waals surface area contributed by atoms with E-state index in [9.17, 15) is 8.42 Å². The minimum Gasteiger partial charge on any atom is -0.491 e. The topological polar surface area (TPSA) is 49.9 Å². The third-order valence-corrected chi connectivity index (χ3v) is 6.43. The number of benzene rings is 2. The minimum absolute atomic E-state index is 0.141. The Morgan fingerprint density at radius 2 is 1.50 bits per heavy atom. The van der Waals surface area contributed by atoms with Crippen molar-refractivity contribution in [3.05, 3.63) is 53.6 Å². The summed E-state index contributed by atoms with van der Waals surface area (Å²) in [4.78, 5) is 2.47. The predicted molar refractivity (Wildman–Crippen MR) is 105 cm³/mol. The zero-order chi connectivity index (χ0) is 18.7. The number of nitrogens with zero attached hydrogens (tertiary/aromatic N) is 2. The van der Waals surface area contributed by atoms with E-state index < -0.39 is 10.0 Å². The van der Waals surface area contributed by atoms with Crippen LogP contribution in [0.15, 0.2) is 53.4 Å². The molecule has 0 spiro atoms. The van der Waals surface area contributed by atoms with Crippen LogP contribution in [-0.2, 0) is 10.0 Å². The van der Waals surface area contributed by atoms with Crippen molar-refractivity contribution < 1.29 is 13.2 Å². The third-order valence-electron chi connectivity index (χ3n) is 4.26. The zero-order valence-corrected chi connectivity index (χ0v) is 16.5. The molecule has 0 radical (unpaired) electrons. The first kappa shape index (κ1) is 19.0. The van der Waals surface area contributed by atoms with Crippen LogP contribution in [0.3, 0.4) is 0 Å². The van der Waals surface area contributed by atoms with Gasteiger partial charge in [-0.05, 0) is 62.4 Å². The lowest BCUT2D eigenvalue weighted by Crippen LogP contribution is -2.48. The molecule has 0 aromatic heterocycles. The van der Waals surface area contributed by atoms with E-state index in [0.29, 0.717) is 31.2 Å². The van der Waals surface area contributed by atoms with Crippen LogP contribution in [0, 0.1) is 0 Å². The maximum Gasteiger partial charge on any atom is 0.243 e. The van der Waals surface area contributed by atoms with Crippen LogP contribution in [0.25, 0.3) is 0 Å². The van der Waals surface area contributed by atoms with Gasteiger partial charge in [0.05, 0.1) is 11.0 Å². The number of halogens is 1. The van der Waals surface area contributed by atoms with E-state index in [1.165, 1.54) is 4.31 Å². The molecule has 1 aliphatic rings. The lowest BCUT2D eigenvalue weighted by molar-refractivity contribution is 0.242. The normalized spacial score (nSPS) is 16.1. The largest absolute Gasteiger partial charge is 0.491 e. The smallest absolute Gasteiger partial charge is 0.243 e. The van der Waals surface area contributed by atoms with Crippen molar-refractivity contribution in [2.75, 3.05) is 31.1 Å². The number of ether oxygens (including phenoxy) is 1. The van der Waals surface area contributed by atoms with E-state index in [4.69, 9.17) is 16.3 Å². The lowest BCUT2D eigenvalue weighted by Gasteiger charge is -2.35. The van der Waals surface area contributed by atoms with E-state index in [0.717, 1.165) is 11.4 Å². The molecule has 7 heteroatoms. The van der Waals surface area contributed by atoms with Gasteiger partial charge in [-0.3, -0.25) is 0 Å². The van der Waals surface area contributed by atoms with Crippen LogP contribution in [-0.4, -0.2) is 45.0 Å². The zero-order valence-electron chi connectivity index (χ0n) is 14.9. The van der Waals surface area contributed by atoms with Crippen molar-refractivity contribution in [1.82, 2.24) is 4.31 Å². The van der Waals surface area contributed by atoms with Crippen molar-refractivity contribution >= 4 is 27.3 Å². The van der Waals surface area contributed by atoms with Crippen molar-refractivity contribution in [3.63, 3.8) is 0 Å². The van der Waals surface area contributed by atoms with Crippen LogP contribution in [0.1, 0.15) is 13.8 Å². The Kier molecular flexibility index (Phi) is 5.75. The molecule has 1 heterocycles. The Morgan fingerprint density at radius 3 is 2.04 bits per heavy atom. The van der Waals surface area contributed by atoms with Crippen molar-refractivity contribution in [2.24, 2.45) is 0 Å². The lowest BCUT2D eigenvalue weighted by atomic mass is 10.2. The molecule has 0 atom stereocenters. The van der Waals surface area contributed by atoms with Crippen molar-refractivity contribution in [1.29, 1.82) is 0 Å². The summed E-state index contributed by atoms with van der Waals surface area (Å²) in [6.07, 6.45) is 0.141. The van der Waals surface area contributed by atoms with Crippen LogP contribution < -0.4 is 9.64 Å². The summed E-state index contributed by atoms with van der Waals surface area (Å²) < 4.78 is 32.7. The molecular weight excluding hydrogens is 372 g/mol. The highest BCUT2D eigenvalue weighted by Crippen LogP contribution is 2.24. The van der Waals surface area contributed by atoms with Gasteiger partial charge in [-0.25, -0.2) is 8.42 Å². The van der Waals surface area contributed by atoms with Gasteiger partial charge in [0.1, 0.15) is 5.75 Å². The Balaban J connectivity index is 1.64. The molecule has 5 nitrogen and oxygen atoms in total. The fourth-order valence-electron chi connectivity index (χ4n) is 2.95. The van der Waals surface area contributed by atoms with Crippen molar-refractivity contribution in [3.8, 4) is 5.75 Å². The molecule has 2 aromatic rings. The van der Waals surface area contributed by atoms with Gasteiger partial charge in [0.2, 0.25) is 10.0 Å². The summed E-state index contributed by atoms with van der Waals surface area (Å²) in [6.45, 7) is 6.20. The molecule has 1 saturated heterocycles. The van der Waals surface area contributed by atoms with Gasteiger partial charge in [-0.1, -0.05) is 11.6 Å². The number of anilines is 1. The van der Waals surface area contributed by atoms with E-state index in [1.807, 2.05) is 38.1 Å². The summed E-state index contributed by atoms with van der Waals surface area (Å²) in [6, 6.07) is 14.2. The number of piperazine rings is 1. The highest BCUT2D eigenvalue weighted by molar-refractivity contribution is 7.89. The van der Waals surface area contributed by atoms with Gasteiger partial charge in [-0.2, -0.15) is 4.31 Å². The Morgan fingerprint density at radius 1 is 0.923 bits per heavy atom. The molecule has 26 heavy (non-hydrogen) atoms. The molecule has 140 valence electrons. The van der Waals surface area contributed by atoms with Gasteiger partial charge in [-0.15, -0.1) is 0 Å². The van der Waals surface area contributed by atoms with Crippen LogP contribution in [0.4, 0.5) is 5.69 Å². The summed E-state index contributed by atoms with van der Waals surface area (Å²) >= 11 is 5.85. The SMILES string of the molecule is CC(C)Oc1ccc(N2CCN(S(=O)(=O)c3ccc(Cl)cc3)CC2)cc1. The predicted octanol–water partition coefficient (Wildman–Crippen LogP) is 3.64. The second-order valence-corrected chi connectivity index (χ2v) is 8.88. The number of sulfonamides is 1. The highest BCUT2D eigenvalue weighted by atomic mass is 35.5. The van der Waals surface area contributed by atoms with E-state index >= 15 is 0 Å². The quantitative estimate of drug-likeness (QED) is 0.776. The average Bonchev–Trinajstić information content (AvgIpc) is 2.62. The standard InChI is InChI=1S/C19H23ClN2O3S/c1-15(2)25-18-7-5-17(6-8-18)21-11-13-22(14-12-21)26(23,24)19-9-3-16(20)4-10-19/h3-10,15H,11-14H2,1-2H3. The summed E-state index contributed by atoms with van der Waals surface area (Å²) in [5.41, 5.74) is 1.07. The highest BCUT2D eigenvalue weighted by Gasteiger charge is 2.28. The molecule has 1 aliphatic heterocycles. The number of hydrogen-bond acceptors (Lipinski definition) is 4. The third kappa shape index (κ3) is 4.31. The first-order chi connectivity index (χ1) is 12.4. The molecule has 0 unspecified atom stereocenters. The molecule has 2 aromatic carbocycles. The van der Waals surface area contributed by atoms with Crippen LogP contribution in [0.5, 0.6) is 5.75 Å². The Labute approximate surface area is 160 Å². The molecule has 0 amide bonds. The maximum atomic E-state index is 12.7. The second-order valence-electron chi connectivity index (χ2n) is 6.51. The van der Waals surface area contributed by atoms with Gasteiger partial charge in [0.15, 0.2) is 0 Å². The molecule has 1 fully saturated rings. The summed E-state index contributed by atoms with van der Waals surface area (Å²) in [7, 11) is -3.48. The average molecular weight is 395 g/mol. The van der Waals surface area contributed by atoms with Crippen LogP contribution in [0.2, 0.25) is 5.02 Å². The van der Waals surface area contributed by atoms with Gasteiger partial charge < -0.3 is 9.64 Å². The summed E-state index contributed by atoms with van der Waals surface area (Å²) in [5.74, 6) is 0.840. The first-order valence-corrected chi connectivity index (χ1v) is 10.5. The van der Waals surface area contributed by atoms with E-state index in [1.54, 1.807) is 24.3 Å². The van der Waals surface area contributed by atoms with E-state index in [2.05, 4.69) is 4.90 Å². The Bertz CT molecular complexity index is 828. The molecule has 0 aliphatic carbocycles. The molecule has 3 rings (SSSR count). The second kappa shape index (κ2) is 7.86. The first-order valence-electron chi connectivity index (χ1n) is 8.63. The monoisotopic (exact) mass is 394 g/mol. The van der Waals surface area contributed by atoms with Gasteiger partial charge in [0.25, 0.3) is 0 Å². The number of hydrogen-bond donors (Lipinski definition) is 0. The maximum absolute atomic E-state index is 12.7. The molecular formula is C19H23ClN2O3S.